The van der Waals surface area contributed by atoms with Gasteiger partial charge in [0.2, 0.25) is 0 Å². The summed E-state index contributed by atoms with van der Waals surface area (Å²) in [6.45, 7) is 9.23. The highest BCUT2D eigenvalue weighted by molar-refractivity contribution is 5.46. The van der Waals surface area contributed by atoms with Crippen LogP contribution >= 0.6 is 0 Å². The molecule has 2 heteroatoms. The van der Waals surface area contributed by atoms with Crippen LogP contribution in [0.15, 0.2) is 42.5 Å². The number of aryl methyl sites for hydroxylation is 2. The predicted molar refractivity (Wildman–Crippen MR) is 129 cm³/mol. The molecular weight excluding hydrogens is 380 g/mol. The lowest BCUT2D eigenvalue weighted by Crippen LogP contribution is -2.43. The van der Waals surface area contributed by atoms with Crippen LogP contribution in [0.4, 0.5) is 0 Å². The first-order valence-corrected chi connectivity index (χ1v) is 12.6. The van der Waals surface area contributed by atoms with Crippen LogP contribution in [0.1, 0.15) is 88.0 Å². The maximum absolute atomic E-state index is 10.6. The second-order valence-corrected chi connectivity index (χ2v) is 9.84. The molecule has 3 aliphatic carbocycles. The van der Waals surface area contributed by atoms with Gasteiger partial charge in [-0.3, -0.25) is 0 Å². The van der Waals surface area contributed by atoms with E-state index in [4.69, 9.17) is 4.74 Å². The van der Waals surface area contributed by atoms with Crippen LogP contribution in [0.3, 0.4) is 0 Å². The van der Waals surface area contributed by atoms with Gasteiger partial charge in [0.15, 0.2) is 0 Å². The fourth-order valence-electron chi connectivity index (χ4n) is 6.76. The third kappa shape index (κ3) is 4.04. The maximum atomic E-state index is 10.6. The molecule has 0 saturated heterocycles. The third-order valence-corrected chi connectivity index (χ3v) is 8.47. The van der Waals surface area contributed by atoms with E-state index in [-0.39, 0.29) is 11.5 Å². The Hall–Kier alpha value is -1.80. The Labute approximate surface area is 189 Å². The van der Waals surface area contributed by atoms with Crippen molar-refractivity contribution in [2.45, 2.75) is 91.3 Å². The van der Waals surface area contributed by atoms with E-state index in [1.807, 2.05) is 13.8 Å². The summed E-state index contributed by atoms with van der Waals surface area (Å²) < 4.78 is 6.28. The van der Waals surface area contributed by atoms with Crippen LogP contribution < -0.4 is 4.74 Å². The number of rotatable bonds is 4. The van der Waals surface area contributed by atoms with Crippen LogP contribution in [0.25, 0.3) is 0 Å². The first-order valence-electron chi connectivity index (χ1n) is 12.6. The minimum absolute atomic E-state index is 0.0881. The summed E-state index contributed by atoms with van der Waals surface area (Å²) >= 11 is 0. The summed E-state index contributed by atoms with van der Waals surface area (Å²) in [6, 6.07) is 15.3. The van der Waals surface area contributed by atoms with Crippen molar-refractivity contribution in [3.8, 4) is 5.75 Å². The second-order valence-electron chi connectivity index (χ2n) is 9.84. The van der Waals surface area contributed by atoms with Gasteiger partial charge in [0.25, 0.3) is 0 Å². The maximum Gasteiger partial charge on any atom is 0.123 e. The van der Waals surface area contributed by atoms with Crippen LogP contribution in [0.2, 0.25) is 0 Å². The molecule has 0 bridgehead atoms. The number of hydrogen-bond acceptors (Lipinski definition) is 2. The standard InChI is InChI=1S/C27H34O2.C2H6/c1-3-19-15-23-20(16-25(19)29-17-18-7-5-4-6-8-18)9-10-22-21(23)13-14-27(2)24(22)11-12-26(27)28;1-2/h4-8,15-16,21-22,24,26,28H,3,9-14,17H2,1-2H3;1-2H3. The monoisotopic (exact) mass is 420 g/mol. The number of ether oxygens (including phenoxy) is 1. The molecule has 0 amide bonds. The van der Waals surface area contributed by atoms with E-state index in [2.05, 4.69) is 56.3 Å². The Morgan fingerprint density at radius 2 is 1.81 bits per heavy atom. The SMILES string of the molecule is CC.CCc1cc2c(cc1OCc1ccccc1)CCC1C2CCC2(C)C(O)CCC12. The van der Waals surface area contributed by atoms with Crippen molar-refractivity contribution >= 4 is 0 Å². The largest absolute Gasteiger partial charge is 0.489 e. The summed E-state index contributed by atoms with van der Waals surface area (Å²) in [5.74, 6) is 3.20. The minimum atomic E-state index is -0.0881. The summed E-state index contributed by atoms with van der Waals surface area (Å²) in [5.41, 5.74) is 5.83. The predicted octanol–water partition coefficient (Wildman–Crippen LogP) is 7.07. The third-order valence-electron chi connectivity index (χ3n) is 8.47. The molecule has 31 heavy (non-hydrogen) atoms. The molecule has 2 saturated carbocycles. The average Bonchev–Trinajstić information content (AvgIpc) is 3.13. The highest BCUT2D eigenvalue weighted by atomic mass is 16.5. The van der Waals surface area contributed by atoms with E-state index in [1.165, 1.54) is 42.4 Å². The van der Waals surface area contributed by atoms with Crippen molar-refractivity contribution in [2.24, 2.45) is 17.3 Å². The van der Waals surface area contributed by atoms with Crippen LogP contribution in [0.5, 0.6) is 5.75 Å². The molecule has 0 aliphatic heterocycles. The Bertz CT molecular complexity index is 874. The lowest BCUT2D eigenvalue weighted by atomic mass is 9.55. The molecule has 5 atom stereocenters. The first kappa shape index (κ1) is 22.4. The summed E-state index contributed by atoms with van der Waals surface area (Å²) in [6.07, 6.45) is 7.97. The Morgan fingerprint density at radius 1 is 1.03 bits per heavy atom. The fourth-order valence-corrected chi connectivity index (χ4v) is 6.76. The van der Waals surface area contributed by atoms with Gasteiger partial charge >= 0.3 is 0 Å². The van der Waals surface area contributed by atoms with Gasteiger partial charge in [-0.2, -0.15) is 0 Å². The molecule has 0 heterocycles. The average molecular weight is 421 g/mol. The molecule has 3 aliphatic rings. The summed E-state index contributed by atoms with van der Waals surface area (Å²) in [7, 11) is 0. The van der Waals surface area contributed by atoms with E-state index in [1.54, 1.807) is 5.56 Å². The second kappa shape index (κ2) is 9.36. The lowest BCUT2D eigenvalue weighted by Gasteiger charge is -2.50. The van der Waals surface area contributed by atoms with Gasteiger partial charge in [0.1, 0.15) is 12.4 Å². The van der Waals surface area contributed by atoms with Gasteiger partial charge in [-0.25, -0.2) is 0 Å². The zero-order chi connectivity index (χ0) is 22.0. The molecular formula is C29H40O2. The summed E-state index contributed by atoms with van der Waals surface area (Å²) in [4.78, 5) is 0. The van der Waals surface area contributed by atoms with Crippen LogP contribution in [-0.2, 0) is 19.4 Å². The zero-order valence-corrected chi connectivity index (χ0v) is 19.9. The quantitative estimate of drug-likeness (QED) is 0.573. The normalized spacial score (nSPS) is 31.0. The van der Waals surface area contributed by atoms with Crippen molar-refractivity contribution < 1.29 is 9.84 Å². The van der Waals surface area contributed by atoms with Gasteiger partial charge in [0.05, 0.1) is 6.10 Å². The van der Waals surface area contributed by atoms with Crippen LogP contribution in [-0.4, -0.2) is 11.2 Å². The molecule has 168 valence electrons. The van der Waals surface area contributed by atoms with Gasteiger partial charge in [-0.05, 0) is 96.4 Å². The number of benzene rings is 2. The van der Waals surface area contributed by atoms with Crippen molar-refractivity contribution in [3.05, 3.63) is 64.7 Å². The molecule has 1 N–H and O–H groups in total. The Morgan fingerprint density at radius 3 is 2.55 bits per heavy atom. The minimum Gasteiger partial charge on any atom is -0.489 e. The molecule has 5 unspecified atom stereocenters. The molecule has 0 radical (unpaired) electrons. The lowest BCUT2D eigenvalue weighted by molar-refractivity contribution is -0.0226. The van der Waals surface area contributed by atoms with E-state index in [0.717, 1.165) is 30.9 Å². The molecule has 2 aromatic rings. The smallest absolute Gasteiger partial charge is 0.123 e. The van der Waals surface area contributed by atoms with E-state index >= 15 is 0 Å². The number of aliphatic hydroxyl groups is 1. The number of fused-ring (bicyclic) bond motifs is 5. The Balaban J connectivity index is 0.00000112. The van der Waals surface area contributed by atoms with E-state index in [0.29, 0.717) is 18.4 Å². The van der Waals surface area contributed by atoms with E-state index in [9.17, 15) is 5.11 Å². The molecule has 0 aromatic heterocycles. The number of hydrogen-bond donors (Lipinski definition) is 1. The fraction of sp³-hybridized carbons (Fsp3) is 0.586. The van der Waals surface area contributed by atoms with Crippen molar-refractivity contribution in [3.63, 3.8) is 0 Å². The topological polar surface area (TPSA) is 29.5 Å². The summed E-state index contributed by atoms with van der Waals surface area (Å²) in [5, 5.41) is 10.6. The first-order chi connectivity index (χ1) is 15.1. The van der Waals surface area contributed by atoms with Gasteiger partial charge < -0.3 is 9.84 Å². The van der Waals surface area contributed by atoms with Crippen molar-refractivity contribution in [1.82, 2.24) is 0 Å². The Kier molecular flexibility index (Phi) is 6.77. The molecule has 2 fully saturated rings. The van der Waals surface area contributed by atoms with Crippen molar-refractivity contribution in [1.29, 1.82) is 0 Å². The molecule has 2 nitrogen and oxygen atoms in total. The van der Waals surface area contributed by atoms with Crippen LogP contribution in [0, 0.1) is 17.3 Å². The molecule has 5 rings (SSSR count). The van der Waals surface area contributed by atoms with Crippen molar-refractivity contribution in [2.75, 3.05) is 0 Å². The molecule has 2 aromatic carbocycles. The molecule has 0 spiro atoms. The highest BCUT2D eigenvalue weighted by Gasteiger charge is 2.54. The zero-order valence-electron chi connectivity index (χ0n) is 19.9. The van der Waals surface area contributed by atoms with Gasteiger partial charge in [0, 0.05) is 0 Å². The number of aliphatic hydroxyl groups excluding tert-OH is 1. The van der Waals surface area contributed by atoms with Gasteiger partial charge in [-0.1, -0.05) is 64.1 Å². The van der Waals surface area contributed by atoms with E-state index < -0.39 is 0 Å². The van der Waals surface area contributed by atoms with Gasteiger partial charge in [-0.15, -0.1) is 0 Å². The highest BCUT2D eigenvalue weighted by Crippen LogP contribution is 2.61.